The highest BCUT2D eigenvalue weighted by Gasteiger charge is 2.32. The number of rotatable bonds is 11. The number of carbonyl (C=O) groups is 1. The van der Waals surface area contributed by atoms with Crippen LogP contribution >= 0.6 is 11.6 Å². The van der Waals surface area contributed by atoms with E-state index in [4.69, 9.17) is 21.1 Å². The molecule has 1 N–H and O–H groups in total. The molecule has 1 unspecified atom stereocenters. The Kier molecular flexibility index (Phi) is 9.75. The quantitative estimate of drug-likeness (QED) is 0.406. The average molecular weight is 578 g/mol. The Balaban J connectivity index is 1.59. The minimum Gasteiger partial charge on any atom is -0.492 e. The number of benzene rings is 2. The first kappa shape index (κ1) is 29.1. The van der Waals surface area contributed by atoms with E-state index in [0.717, 1.165) is 22.7 Å². The topological polar surface area (TPSA) is 122 Å². The number of sulfonamides is 2. The van der Waals surface area contributed by atoms with Crippen LogP contribution in [-0.4, -0.2) is 78.8 Å². The van der Waals surface area contributed by atoms with E-state index in [2.05, 4.69) is 5.32 Å². The Bertz CT molecular complexity index is 1300. The second kappa shape index (κ2) is 12.4. The van der Waals surface area contributed by atoms with Crippen LogP contribution in [0.15, 0.2) is 47.4 Å². The molecule has 204 valence electrons. The fourth-order valence-corrected chi connectivity index (χ4v) is 6.57. The third-order valence-electron chi connectivity index (χ3n) is 5.59. The van der Waals surface area contributed by atoms with Crippen molar-refractivity contribution in [2.45, 2.75) is 24.3 Å². The van der Waals surface area contributed by atoms with Crippen molar-refractivity contribution < 1.29 is 35.5 Å². The number of nitrogens with zero attached hydrogens (tertiary/aromatic N) is 2. The van der Waals surface area contributed by atoms with Gasteiger partial charge in [-0.2, -0.15) is 4.31 Å². The summed E-state index contributed by atoms with van der Waals surface area (Å²) in [6.45, 7) is 3.06. The molecule has 0 aliphatic carbocycles. The van der Waals surface area contributed by atoms with Crippen LogP contribution in [0.3, 0.4) is 0 Å². The number of anilines is 1. The van der Waals surface area contributed by atoms with Gasteiger partial charge in [-0.3, -0.25) is 9.10 Å². The monoisotopic (exact) mass is 577 g/mol. The molecule has 1 fully saturated rings. The molecule has 1 atom stereocenters. The first-order chi connectivity index (χ1) is 17.4. The number of amides is 1. The average Bonchev–Trinajstić information content (AvgIpc) is 2.87. The maximum absolute atomic E-state index is 13.6. The van der Waals surface area contributed by atoms with Crippen molar-refractivity contribution >= 4 is 43.2 Å². The highest BCUT2D eigenvalue weighted by Crippen LogP contribution is 2.27. The normalized spacial score (nSPS) is 15.7. The molecule has 3 rings (SSSR count). The van der Waals surface area contributed by atoms with Crippen molar-refractivity contribution in [1.29, 1.82) is 0 Å². The van der Waals surface area contributed by atoms with Gasteiger partial charge in [0.25, 0.3) is 0 Å². The van der Waals surface area contributed by atoms with Gasteiger partial charge in [0, 0.05) is 13.1 Å². The summed E-state index contributed by atoms with van der Waals surface area (Å²) in [4.78, 5) is 13.0. The molecule has 0 aromatic heterocycles. The minimum absolute atomic E-state index is 0.0545. The van der Waals surface area contributed by atoms with Crippen molar-refractivity contribution in [2.24, 2.45) is 0 Å². The van der Waals surface area contributed by atoms with E-state index in [-0.39, 0.29) is 35.2 Å². The molecule has 14 heteroatoms. The lowest BCUT2D eigenvalue weighted by molar-refractivity contribution is -0.122. The fraction of sp³-hybridized carbons (Fsp3) is 0.435. The molecule has 0 spiro atoms. The van der Waals surface area contributed by atoms with E-state index in [1.165, 1.54) is 34.6 Å². The van der Waals surface area contributed by atoms with Gasteiger partial charge < -0.3 is 14.8 Å². The smallest absolute Gasteiger partial charge is 0.244 e. The number of morpholine rings is 1. The van der Waals surface area contributed by atoms with Crippen molar-refractivity contribution in [3.05, 3.63) is 53.3 Å². The third-order valence-corrected chi connectivity index (χ3v) is 8.97. The van der Waals surface area contributed by atoms with Crippen LogP contribution in [0, 0.1) is 5.82 Å². The molecule has 0 saturated carbocycles. The zero-order valence-corrected chi connectivity index (χ0v) is 22.8. The Morgan fingerprint density at radius 1 is 1.16 bits per heavy atom. The van der Waals surface area contributed by atoms with Crippen LogP contribution in [0.4, 0.5) is 10.1 Å². The van der Waals surface area contributed by atoms with Crippen LogP contribution in [0.5, 0.6) is 5.75 Å². The van der Waals surface area contributed by atoms with E-state index >= 15 is 0 Å². The fourth-order valence-electron chi connectivity index (χ4n) is 3.79. The second-order valence-electron chi connectivity index (χ2n) is 8.21. The molecule has 0 bridgehead atoms. The maximum Gasteiger partial charge on any atom is 0.244 e. The molecule has 37 heavy (non-hydrogen) atoms. The zero-order chi connectivity index (χ0) is 27.2. The zero-order valence-electron chi connectivity index (χ0n) is 20.4. The molecule has 1 aliphatic rings. The Hall–Kier alpha value is -2.45. The summed E-state index contributed by atoms with van der Waals surface area (Å²) in [6.07, 6.45) is 1.10. The van der Waals surface area contributed by atoms with Gasteiger partial charge >= 0.3 is 0 Å². The number of halogens is 2. The predicted octanol–water partition coefficient (Wildman–Crippen LogP) is 2.24. The molecule has 10 nitrogen and oxygen atoms in total. The Morgan fingerprint density at radius 2 is 1.81 bits per heavy atom. The van der Waals surface area contributed by atoms with Gasteiger partial charge in [-0.15, -0.1) is 0 Å². The van der Waals surface area contributed by atoms with Gasteiger partial charge in [0.05, 0.1) is 41.6 Å². The van der Waals surface area contributed by atoms with Crippen LogP contribution in [0.25, 0.3) is 0 Å². The maximum atomic E-state index is 13.6. The lowest BCUT2D eigenvalue weighted by Gasteiger charge is -2.30. The summed E-state index contributed by atoms with van der Waals surface area (Å²) >= 11 is 5.82. The Morgan fingerprint density at radius 3 is 2.38 bits per heavy atom. The summed E-state index contributed by atoms with van der Waals surface area (Å²) in [7, 11) is -7.52. The largest absolute Gasteiger partial charge is 0.492 e. The van der Waals surface area contributed by atoms with E-state index in [0.29, 0.717) is 32.1 Å². The molecule has 1 amide bonds. The van der Waals surface area contributed by atoms with Gasteiger partial charge in [-0.1, -0.05) is 18.5 Å². The van der Waals surface area contributed by atoms with Crippen LogP contribution in [0.2, 0.25) is 5.02 Å². The molecule has 2 aromatic rings. The van der Waals surface area contributed by atoms with Crippen molar-refractivity contribution in [3.8, 4) is 5.75 Å². The number of hydrogen-bond acceptors (Lipinski definition) is 7. The SMILES string of the molecule is CCC(C(=O)NCCOc1ccc(S(=O)(=O)N2CCOCC2)cc1)N(c1ccc(F)c(Cl)c1)S(C)(=O)=O. The van der Waals surface area contributed by atoms with Crippen molar-refractivity contribution in [3.63, 3.8) is 0 Å². The summed E-state index contributed by atoms with van der Waals surface area (Å²) in [5.74, 6) is -0.870. The summed E-state index contributed by atoms with van der Waals surface area (Å²) in [5.41, 5.74) is 0.0688. The highest BCUT2D eigenvalue weighted by molar-refractivity contribution is 7.92. The minimum atomic E-state index is -3.90. The van der Waals surface area contributed by atoms with Gasteiger partial charge in [-0.05, 0) is 48.9 Å². The van der Waals surface area contributed by atoms with E-state index in [1.54, 1.807) is 6.92 Å². The van der Waals surface area contributed by atoms with Crippen molar-refractivity contribution in [1.82, 2.24) is 9.62 Å². The van der Waals surface area contributed by atoms with Crippen LogP contribution < -0.4 is 14.4 Å². The number of nitrogens with one attached hydrogen (secondary N) is 1. The predicted molar refractivity (Wildman–Crippen MR) is 137 cm³/mol. The molecule has 1 saturated heterocycles. The van der Waals surface area contributed by atoms with Crippen LogP contribution in [0.1, 0.15) is 13.3 Å². The number of carbonyl (C=O) groups excluding carboxylic acids is 1. The summed E-state index contributed by atoms with van der Waals surface area (Å²) in [5, 5.41) is 2.37. The first-order valence-corrected chi connectivity index (χ1v) is 15.1. The summed E-state index contributed by atoms with van der Waals surface area (Å²) in [6, 6.07) is 8.27. The van der Waals surface area contributed by atoms with E-state index < -0.39 is 37.8 Å². The van der Waals surface area contributed by atoms with Gasteiger partial charge in [0.15, 0.2) is 0 Å². The molecule has 1 heterocycles. The highest BCUT2D eigenvalue weighted by atomic mass is 35.5. The van der Waals surface area contributed by atoms with Gasteiger partial charge in [-0.25, -0.2) is 21.2 Å². The number of ether oxygens (including phenoxy) is 2. The molecule has 2 aromatic carbocycles. The van der Waals surface area contributed by atoms with Gasteiger partial charge in [0.2, 0.25) is 26.0 Å². The third kappa shape index (κ3) is 7.32. The second-order valence-corrected chi connectivity index (χ2v) is 12.4. The Labute approximate surface area is 221 Å². The lowest BCUT2D eigenvalue weighted by atomic mass is 10.2. The van der Waals surface area contributed by atoms with E-state index in [9.17, 15) is 26.0 Å². The molecular weight excluding hydrogens is 549 g/mol. The lowest BCUT2D eigenvalue weighted by Crippen LogP contribution is -2.50. The first-order valence-electron chi connectivity index (χ1n) is 11.5. The van der Waals surface area contributed by atoms with Crippen LogP contribution in [-0.2, 0) is 29.6 Å². The molecular formula is C23H29ClFN3O7S2. The molecule has 1 aliphatic heterocycles. The number of hydrogen-bond donors (Lipinski definition) is 1. The molecule has 0 radical (unpaired) electrons. The van der Waals surface area contributed by atoms with E-state index in [1.807, 2.05) is 0 Å². The van der Waals surface area contributed by atoms with Crippen molar-refractivity contribution in [2.75, 3.05) is 50.0 Å². The van der Waals surface area contributed by atoms with Gasteiger partial charge in [0.1, 0.15) is 24.2 Å². The standard InChI is InChI=1S/C23H29ClFN3O7S2/c1-3-22(28(36(2,30)31)17-4-9-21(25)20(24)16-17)23(29)26-10-13-35-18-5-7-19(8-6-18)37(32,33)27-11-14-34-15-12-27/h4-9,16,22H,3,10-15H2,1-2H3,(H,26,29). The summed E-state index contributed by atoms with van der Waals surface area (Å²) < 4.78 is 77.0.